The fraction of sp³-hybridized carbons (Fsp3) is 0.263. The summed E-state index contributed by atoms with van der Waals surface area (Å²) in [6.45, 7) is 4.11. The number of aromatic nitrogens is 2. The van der Waals surface area contributed by atoms with Crippen LogP contribution in [0.25, 0.3) is 16.9 Å². The van der Waals surface area contributed by atoms with Gasteiger partial charge in [0.25, 0.3) is 0 Å². The molecule has 0 aliphatic rings. The Labute approximate surface area is 148 Å². The molecule has 0 N–H and O–H groups in total. The van der Waals surface area contributed by atoms with Gasteiger partial charge in [-0.25, -0.2) is 4.98 Å². The van der Waals surface area contributed by atoms with Crippen LogP contribution in [0.1, 0.15) is 16.8 Å². The van der Waals surface area contributed by atoms with Crippen molar-refractivity contribution in [3.8, 4) is 11.3 Å². The van der Waals surface area contributed by atoms with Crippen LogP contribution in [0.15, 0.2) is 42.6 Å². The van der Waals surface area contributed by atoms with Crippen molar-refractivity contribution in [2.75, 3.05) is 14.1 Å². The Morgan fingerprint density at radius 2 is 1.67 bits per heavy atom. The van der Waals surface area contributed by atoms with Crippen LogP contribution < -0.4 is 12.4 Å². The molecule has 0 spiro atoms. The number of fused-ring (bicyclic) bond motifs is 1. The molecule has 3 rings (SSSR count). The number of amides is 1. The van der Waals surface area contributed by atoms with Gasteiger partial charge in [0.2, 0.25) is 5.91 Å². The largest absolute Gasteiger partial charge is 1.00 e. The molecule has 0 fully saturated rings. The average molecular weight is 343 g/mol. The number of hydrogen-bond acceptors (Lipinski definition) is 2. The third-order valence-electron chi connectivity index (χ3n) is 4.01. The molecule has 0 atom stereocenters. The molecule has 2 heterocycles. The third kappa shape index (κ3) is 3.44. The molecule has 0 bridgehead atoms. The standard InChI is InChI=1S/C19H21N3O.ClH/c1-13-5-8-15(9-6-13)19-16(11-18(23)21(3)4)22-12-14(2)7-10-17(22)20-19;/h5-10,12H,11H2,1-4H3;1H/p-1. The van der Waals surface area contributed by atoms with Crippen molar-refractivity contribution in [1.29, 1.82) is 0 Å². The van der Waals surface area contributed by atoms with Gasteiger partial charge in [0.15, 0.2) is 0 Å². The summed E-state index contributed by atoms with van der Waals surface area (Å²) in [5, 5.41) is 0. The van der Waals surface area contributed by atoms with Crippen LogP contribution >= 0.6 is 0 Å². The monoisotopic (exact) mass is 342 g/mol. The summed E-state index contributed by atoms with van der Waals surface area (Å²) in [6, 6.07) is 12.3. The average Bonchev–Trinajstić information content (AvgIpc) is 2.86. The van der Waals surface area contributed by atoms with Gasteiger partial charge in [-0.2, -0.15) is 0 Å². The first-order valence-corrected chi connectivity index (χ1v) is 7.70. The molecule has 0 aliphatic carbocycles. The molecule has 1 aromatic carbocycles. The lowest BCUT2D eigenvalue weighted by molar-refractivity contribution is -0.128. The Morgan fingerprint density at radius 3 is 2.29 bits per heavy atom. The highest BCUT2D eigenvalue weighted by molar-refractivity contribution is 5.81. The van der Waals surface area contributed by atoms with E-state index in [0.717, 1.165) is 28.2 Å². The molecular weight excluding hydrogens is 322 g/mol. The van der Waals surface area contributed by atoms with Gasteiger partial charge in [0, 0.05) is 25.9 Å². The Kier molecular flexibility index (Phi) is 5.30. The first-order chi connectivity index (χ1) is 11.0. The Hall–Kier alpha value is -2.33. The van der Waals surface area contributed by atoms with Crippen molar-refractivity contribution in [2.45, 2.75) is 20.3 Å². The fourth-order valence-electron chi connectivity index (χ4n) is 2.61. The Bertz CT molecular complexity index is 866. The third-order valence-corrected chi connectivity index (χ3v) is 4.01. The van der Waals surface area contributed by atoms with Gasteiger partial charge in [-0.05, 0) is 25.5 Å². The van der Waals surface area contributed by atoms with Crippen molar-refractivity contribution >= 4 is 11.6 Å². The van der Waals surface area contributed by atoms with Gasteiger partial charge >= 0.3 is 0 Å². The molecule has 24 heavy (non-hydrogen) atoms. The Balaban J connectivity index is 0.00000208. The molecule has 0 saturated carbocycles. The normalized spacial score (nSPS) is 10.5. The molecule has 0 unspecified atom stereocenters. The second-order valence-electron chi connectivity index (χ2n) is 6.17. The number of aryl methyl sites for hydroxylation is 2. The maximum absolute atomic E-state index is 12.3. The van der Waals surface area contributed by atoms with E-state index >= 15 is 0 Å². The van der Waals surface area contributed by atoms with E-state index in [9.17, 15) is 4.79 Å². The van der Waals surface area contributed by atoms with Crippen molar-refractivity contribution in [1.82, 2.24) is 14.3 Å². The van der Waals surface area contributed by atoms with Gasteiger partial charge in [0.1, 0.15) is 5.65 Å². The van der Waals surface area contributed by atoms with E-state index in [1.807, 2.05) is 29.7 Å². The first-order valence-electron chi connectivity index (χ1n) is 7.70. The van der Waals surface area contributed by atoms with Crippen LogP contribution in [0.3, 0.4) is 0 Å². The number of imidazole rings is 1. The van der Waals surface area contributed by atoms with E-state index in [0.29, 0.717) is 6.42 Å². The minimum absolute atomic E-state index is 0. The molecule has 0 aliphatic heterocycles. The number of benzene rings is 1. The lowest BCUT2D eigenvalue weighted by Crippen LogP contribution is -3.00. The fourth-order valence-corrected chi connectivity index (χ4v) is 2.61. The number of carbonyl (C=O) groups excluding carboxylic acids is 1. The highest BCUT2D eigenvalue weighted by Crippen LogP contribution is 2.26. The summed E-state index contributed by atoms with van der Waals surface area (Å²) in [5.74, 6) is 0.0710. The number of likely N-dealkylation sites (N-methyl/N-ethyl adjacent to an activating group) is 1. The molecule has 5 heteroatoms. The summed E-state index contributed by atoms with van der Waals surface area (Å²) in [6.07, 6.45) is 2.37. The lowest BCUT2D eigenvalue weighted by Gasteiger charge is -2.11. The zero-order chi connectivity index (χ0) is 16.6. The number of rotatable bonds is 3. The minimum Gasteiger partial charge on any atom is -1.00 e. The van der Waals surface area contributed by atoms with E-state index in [-0.39, 0.29) is 18.3 Å². The second kappa shape index (κ2) is 7.05. The molecule has 1 amide bonds. The number of hydrogen-bond donors (Lipinski definition) is 0. The summed E-state index contributed by atoms with van der Waals surface area (Å²) < 4.78 is 2.03. The van der Waals surface area contributed by atoms with Crippen molar-refractivity contribution in [2.24, 2.45) is 0 Å². The first kappa shape index (κ1) is 18.0. The molecule has 4 nitrogen and oxygen atoms in total. The topological polar surface area (TPSA) is 37.6 Å². The van der Waals surface area contributed by atoms with Gasteiger partial charge in [-0.3, -0.25) is 4.79 Å². The van der Waals surface area contributed by atoms with Crippen molar-refractivity contribution in [3.63, 3.8) is 0 Å². The van der Waals surface area contributed by atoms with Gasteiger partial charge in [0.05, 0.1) is 17.8 Å². The number of carbonyl (C=O) groups is 1. The van der Waals surface area contributed by atoms with Crippen molar-refractivity contribution < 1.29 is 17.2 Å². The van der Waals surface area contributed by atoms with Crippen LogP contribution in [0, 0.1) is 13.8 Å². The minimum atomic E-state index is 0. The predicted molar refractivity (Wildman–Crippen MR) is 92.5 cm³/mol. The summed E-state index contributed by atoms with van der Waals surface area (Å²) in [4.78, 5) is 18.6. The molecule has 2 aromatic heterocycles. The van der Waals surface area contributed by atoms with Crippen molar-refractivity contribution in [3.05, 3.63) is 59.4 Å². The Morgan fingerprint density at radius 1 is 1.04 bits per heavy atom. The van der Waals surface area contributed by atoms with Gasteiger partial charge < -0.3 is 21.7 Å². The highest BCUT2D eigenvalue weighted by atomic mass is 35.5. The van der Waals surface area contributed by atoms with E-state index in [1.165, 1.54) is 5.56 Å². The summed E-state index contributed by atoms with van der Waals surface area (Å²) >= 11 is 0. The second-order valence-corrected chi connectivity index (χ2v) is 6.17. The van der Waals surface area contributed by atoms with E-state index in [2.05, 4.69) is 31.2 Å². The van der Waals surface area contributed by atoms with Crippen LogP contribution in [0.2, 0.25) is 0 Å². The van der Waals surface area contributed by atoms with Crippen LogP contribution in [-0.4, -0.2) is 34.3 Å². The quantitative estimate of drug-likeness (QED) is 0.684. The predicted octanol–water partition coefficient (Wildman–Crippen LogP) is 0.253. The molecular formula is C19H21ClN3O-. The van der Waals surface area contributed by atoms with Crippen LogP contribution in [0.5, 0.6) is 0 Å². The zero-order valence-electron chi connectivity index (χ0n) is 14.4. The smallest absolute Gasteiger partial charge is 0.228 e. The molecule has 126 valence electrons. The SMILES string of the molecule is Cc1ccc(-c2nc3ccc(C)cn3c2CC(=O)N(C)C)cc1.[Cl-]. The number of nitrogens with zero attached hydrogens (tertiary/aromatic N) is 3. The highest BCUT2D eigenvalue weighted by Gasteiger charge is 2.18. The maximum Gasteiger partial charge on any atom is 0.228 e. The summed E-state index contributed by atoms with van der Waals surface area (Å²) in [5.41, 5.74) is 6.08. The van der Waals surface area contributed by atoms with E-state index in [4.69, 9.17) is 4.98 Å². The maximum atomic E-state index is 12.3. The number of halogens is 1. The molecule has 0 saturated heterocycles. The van der Waals surface area contributed by atoms with E-state index in [1.54, 1.807) is 19.0 Å². The van der Waals surface area contributed by atoms with Gasteiger partial charge in [-0.1, -0.05) is 35.9 Å². The van der Waals surface area contributed by atoms with Crippen LogP contribution in [0.4, 0.5) is 0 Å². The lowest BCUT2D eigenvalue weighted by atomic mass is 10.1. The summed E-state index contributed by atoms with van der Waals surface area (Å²) in [7, 11) is 3.56. The van der Waals surface area contributed by atoms with Gasteiger partial charge in [-0.15, -0.1) is 0 Å². The van der Waals surface area contributed by atoms with E-state index < -0.39 is 0 Å². The zero-order valence-corrected chi connectivity index (χ0v) is 15.1. The molecule has 0 radical (unpaired) electrons. The van der Waals surface area contributed by atoms with Crippen LogP contribution in [-0.2, 0) is 11.2 Å². The molecule has 3 aromatic rings. The number of pyridine rings is 1.